The third-order valence-electron chi connectivity index (χ3n) is 5.75. The van der Waals surface area contributed by atoms with Crippen LogP contribution in [0.5, 0.6) is 0 Å². The molecule has 3 aromatic carbocycles. The number of hydrogen-bond donors (Lipinski definition) is 1. The van der Waals surface area contributed by atoms with Gasteiger partial charge in [0.2, 0.25) is 0 Å². The number of fused-ring (bicyclic) bond motifs is 1. The maximum absolute atomic E-state index is 10.0. The van der Waals surface area contributed by atoms with E-state index in [1.807, 2.05) is 12.3 Å². The summed E-state index contributed by atoms with van der Waals surface area (Å²) in [5.74, 6) is 0.508. The Morgan fingerprint density at radius 1 is 1.03 bits per heavy atom. The minimum absolute atomic E-state index is 0. The Labute approximate surface area is 222 Å². The van der Waals surface area contributed by atoms with E-state index >= 15 is 0 Å². The van der Waals surface area contributed by atoms with Gasteiger partial charge in [0.05, 0.1) is 5.76 Å². The van der Waals surface area contributed by atoms with Crippen LogP contribution in [0, 0.1) is 13.0 Å². The number of nitrogens with zero attached hydrogens (tertiary/aromatic N) is 1. The molecular weight excluding hydrogens is 611 g/mol. The van der Waals surface area contributed by atoms with Crippen LogP contribution in [-0.4, -0.2) is 15.9 Å². The van der Waals surface area contributed by atoms with Crippen molar-refractivity contribution in [3.05, 3.63) is 102 Å². The number of benzene rings is 3. The molecule has 1 N–H and O–H groups in total. The van der Waals surface area contributed by atoms with Crippen LogP contribution in [0.4, 0.5) is 0 Å². The van der Waals surface area contributed by atoms with Gasteiger partial charge in [0.15, 0.2) is 5.78 Å². The molecule has 1 heterocycles. The van der Waals surface area contributed by atoms with Crippen molar-refractivity contribution in [1.82, 2.24) is 4.98 Å². The second kappa shape index (κ2) is 13.1. The molecule has 1 radical (unpaired) electrons. The maximum atomic E-state index is 10.0. The van der Waals surface area contributed by atoms with Crippen molar-refractivity contribution in [1.29, 1.82) is 0 Å². The number of aliphatic hydroxyl groups excluding tert-OH is 1. The normalized spacial score (nSPS) is 11.7. The van der Waals surface area contributed by atoms with Gasteiger partial charge >= 0.3 is 0 Å². The van der Waals surface area contributed by atoms with Gasteiger partial charge in [0, 0.05) is 32.4 Å². The number of carbonyl (C=O) groups excluding carboxylic acids is 1. The van der Waals surface area contributed by atoms with E-state index in [-0.39, 0.29) is 31.6 Å². The zero-order valence-electron chi connectivity index (χ0n) is 20.9. The number of hydrogen-bond acceptors (Lipinski definition) is 3. The van der Waals surface area contributed by atoms with Gasteiger partial charge in [-0.1, -0.05) is 69.3 Å². The first-order valence-corrected chi connectivity index (χ1v) is 11.6. The average Bonchev–Trinajstić information content (AvgIpc) is 2.82. The van der Waals surface area contributed by atoms with Crippen LogP contribution < -0.4 is 0 Å². The molecule has 0 aliphatic carbocycles. The predicted octanol–water partition coefficient (Wildman–Crippen LogP) is 8.23. The van der Waals surface area contributed by atoms with Crippen LogP contribution in [0.1, 0.15) is 51.2 Å². The van der Waals surface area contributed by atoms with Gasteiger partial charge in [0.25, 0.3) is 0 Å². The van der Waals surface area contributed by atoms with Crippen molar-refractivity contribution in [2.24, 2.45) is 0 Å². The van der Waals surface area contributed by atoms with Crippen molar-refractivity contribution >= 4 is 16.6 Å². The number of rotatable bonds is 5. The van der Waals surface area contributed by atoms with Crippen molar-refractivity contribution < 1.29 is 30.0 Å². The van der Waals surface area contributed by atoms with E-state index in [4.69, 9.17) is 10.1 Å². The first-order chi connectivity index (χ1) is 16.3. The molecule has 0 saturated carbocycles. The van der Waals surface area contributed by atoms with Gasteiger partial charge in [0.1, 0.15) is 0 Å². The summed E-state index contributed by atoms with van der Waals surface area (Å²) in [4.78, 5) is 14.7. The van der Waals surface area contributed by atoms with Crippen LogP contribution in [-0.2, 0) is 24.9 Å². The quantitative estimate of drug-likeness (QED) is 0.136. The Morgan fingerprint density at radius 2 is 1.74 bits per heavy atom. The number of carbonyl (C=O) groups is 1. The fraction of sp³-hybridized carbons (Fsp3) is 0.226. The minimum atomic E-state index is -0.125. The van der Waals surface area contributed by atoms with Crippen molar-refractivity contribution in [2.75, 3.05) is 0 Å². The van der Waals surface area contributed by atoms with Crippen molar-refractivity contribution in [3.8, 4) is 22.4 Å². The minimum Gasteiger partial charge on any atom is -0.512 e. The van der Waals surface area contributed by atoms with Crippen LogP contribution in [0.25, 0.3) is 33.2 Å². The second-order valence-electron chi connectivity index (χ2n) is 8.68. The monoisotopic (exact) mass is 643 g/mol. The van der Waals surface area contributed by atoms with Crippen molar-refractivity contribution in [2.45, 2.75) is 47.0 Å². The van der Waals surface area contributed by atoms with E-state index < -0.39 is 0 Å². The largest absolute Gasteiger partial charge is 0.512 e. The molecule has 4 aromatic rings. The average molecular weight is 643 g/mol. The molecule has 4 rings (SSSR count). The van der Waals surface area contributed by atoms with Gasteiger partial charge in [-0.15, -0.1) is 34.9 Å². The molecule has 1 unspecified atom stereocenters. The number of ketones is 1. The third-order valence-corrected chi connectivity index (χ3v) is 5.75. The Hall–Kier alpha value is -3.07. The summed E-state index contributed by atoms with van der Waals surface area (Å²) in [6, 6.07) is 27.3. The summed E-state index contributed by atoms with van der Waals surface area (Å²) in [7, 11) is 0. The number of pyridine rings is 1. The number of aryl methyl sites for hydroxylation is 1. The zero-order valence-corrected chi connectivity index (χ0v) is 23.3. The van der Waals surface area contributed by atoms with Crippen LogP contribution >= 0.6 is 0 Å². The summed E-state index contributed by atoms with van der Waals surface area (Å²) >= 11 is 0. The smallest absolute Gasteiger partial charge is 0.155 e. The van der Waals surface area contributed by atoms with E-state index in [0.717, 1.165) is 23.2 Å². The summed E-state index contributed by atoms with van der Waals surface area (Å²) in [5, 5.41) is 10.8. The third kappa shape index (κ3) is 7.71. The van der Waals surface area contributed by atoms with E-state index in [0.29, 0.717) is 5.92 Å². The zero-order chi connectivity index (χ0) is 24.7. The number of aromatic nitrogens is 1. The second-order valence-corrected chi connectivity index (χ2v) is 8.68. The van der Waals surface area contributed by atoms with Crippen LogP contribution in [0.3, 0.4) is 0 Å². The molecule has 0 amide bonds. The molecule has 1 aromatic heterocycles. The maximum Gasteiger partial charge on any atom is 0.155 e. The van der Waals surface area contributed by atoms with Gasteiger partial charge in [-0.2, -0.15) is 0 Å². The Balaban J connectivity index is 0.000000476. The molecule has 0 aliphatic heterocycles. The standard InChI is InChI=1S/C26H24N.C5H8O2.Ir/c1-4-19(3)21-10-11-25-22(16-21)12-13-27-26(25)24-15-18(2)14-23(17-24)20-8-6-5-7-9-20;1-4(6)3-5(2)7;/h5-14,16-17,19H,4H2,1-3H3;3,6H,1-2H3;/q-1;;/b;4-3-;. The molecule has 0 aliphatic rings. The van der Waals surface area contributed by atoms with E-state index in [1.165, 1.54) is 47.4 Å². The molecule has 0 fully saturated rings. The SMILES string of the molecule is CC(=O)/C=C(/C)O.CCC(C)c1ccc2c(-c3[c-]c(C)cc(-c4ccccc4)c3)nccc2c1.[Ir]. The Bertz CT molecular complexity index is 1310. The molecule has 4 heteroatoms. The first-order valence-electron chi connectivity index (χ1n) is 11.6. The fourth-order valence-electron chi connectivity index (χ4n) is 3.89. The van der Waals surface area contributed by atoms with Gasteiger partial charge in [-0.3, -0.25) is 4.79 Å². The molecule has 1 atom stereocenters. The molecule has 0 spiro atoms. The number of allylic oxidation sites excluding steroid dienone is 2. The molecular formula is C31H32IrNO2-. The molecule has 0 bridgehead atoms. The first kappa shape index (κ1) is 28.2. The predicted molar refractivity (Wildman–Crippen MR) is 142 cm³/mol. The van der Waals surface area contributed by atoms with Crippen LogP contribution in [0.2, 0.25) is 0 Å². The van der Waals surface area contributed by atoms with E-state index in [9.17, 15) is 4.79 Å². The van der Waals surface area contributed by atoms with Gasteiger partial charge in [-0.05, 0) is 59.8 Å². The van der Waals surface area contributed by atoms with Gasteiger partial charge < -0.3 is 10.1 Å². The fourth-order valence-corrected chi connectivity index (χ4v) is 3.89. The van der Waals surface area contributed by atoms with E-state index in [1.54, 1.807) is 0 Å². The van der Waals surface area contributed by atoms with E-state index in [2.05, 4.69) is 87.5 Å². The number of aliphatic hydroxyl groups is 1. The Morgan fingerprint density at radius 3 is 2.34 bits per heavy atom. The van der Waals surface area contributed by atoms with Crippen molar-refractivity contribution in [3.63, 3.8) is 0 Å². The summed E-state index contributed by atoms with van der Waals surface area (Å²) in [5.41, 5.74) is 6.99. The van der Waals surface area contributed by atoms with Crippen LogP contribution in [0.15, 0.2) is 84.8 Å². The molecule has 3 nitrogen and oxygen atoms in total. The van der Waals surface area contributed by atoms with Gasteiger partial charge in [-0.25, -0.2) is 0 Å². The molecule has 35 heavy (non-hydrogen) atoms. The topological polar surface area (TPSA) is 50.2 Å². The summed E-state index contributed by atoms with van der Waals surface area (Å²) in [6.07, 6.45) is 4.23. The molecule has 0 saturated heterocycles. The molecule has 183 valence electrons. The Kier molecular flexibility index (Phi) is 10.6. The summed E-state index contributed by atoms with van der Waals surface area (Å²) in [6.45, 7) is 9.46. The summed E-state index contributed by atoms with van der Waals surface area (Å²) < 4.78 is 0.